The number of carbonyl (C=O) groups excluding carboxylic acids is 1. The largest absolute Gasteiger partial charge is 0.352 e. The van der Waals surface area contributed by atoms with Crippen molar-refractivity contribution in [2.45, 2.75) is 23.9 Å². The van der Waals surface area contributed by atoms with Gasteiger partial charge < -0.3 is 11.1 Å². The van der Waals surface area contributed by atoms with E-state index < -0.39 is 6.03 Å². The lowest BCUT2D eigenvalue weighted by atomic mass is 10.1. The summed E-state index contributed by atoms with van der Waals surface area (Å²) in [5, 5.41) is 19.9. The summed E-state index contributed by atoms with van der Waals surface area (Å²) in [4.78, 5) is 15.1. The van der Waals surface area contributed by atoms with Gasteiger partial charge in [-0.2, -0.15) is 0 Å². The summed E-state index contributed by atoms with van der Waals surface area (Å²) in [6.07, 6.45) is 1.47. The van der Waals surface area contributed by atoms with Gasteiger partial charge in [0.05, 0.1) is 6.04 Å². The number of thioether (sulfide) groups is 1. The minimum Gasteiger partial charge on any atom is -0.352 e. The predicted molar refractivity (Wildman–Crippen MR) is 91.5 cm³/mol. The van der Waals surface area contributed by atoms with Gasteiger partial charge in [-0.1, -0.05) is 17.8 Å². The Labute approximate surface area is 152 Å². The number of fused-ring (bicyclic) bond motifs is 1. The molecule has 1 heterocycles. The third kappa shape index (κ3) is 4.11. The van der Waals surface area contributed by atoms with Gasteiger partial charge in [-0.05, 0) is 46.4 Å². The number of urea groups is 1. The van der Waals surface area contributed by atoms with Crippen LogP contribution in [0.2, 0.25) is 0 Å². The van der Waals surface area contributed by atoms with Gasteiger partial charge in [-0.25, -0.2) is 13.8 Å². The van der Waals surface area contributed by atoms with E-state index in [4.69, 9.17) is 10.4 Å². The summed E-state index contributed by atoms with van der Waals surface area (Å²) >= 11 is 1.26. The van der Waals surface area contributed by atoms with Crippen molar-refractivity contribution in [3.05, 3.63) is 40.8 Å². The highest BCUT2D eigenvalue weighted by atomic mass is 32.2. The normalized spacial score (nSPS) is 16.4. The lowest BCUT2D eigenvalue weighted by Gasteiger charge is -2.09. The average Bonchev–Trinajstić information content (AvgIpc) is 3.23. The van der Waals surface area contributed by atoms with Crippen molar-refractivity contribution < 1.29 is 19.0 Å². The lowest BCUT2D eigenvalue weighted by molar-refractivity contribution is 0.233. The first kappa shape index (κ1) is 18.1. The second-order valence-corrected chi connectivity index (χ2v) is 6.63. The number of aryl methyl sites for hydroxylation is 1. The molecular formula is C15H17FN6O3S. The number of nitrogens with zero attached hydrogens (tertiary/aromatic N) is 3. The molecule has 1 aromatic heterocycles. The minimum atomic E-state index is -0.615. The Morgan fingerprint density at radius 2 is 2.35 bits per heavy atom. The number of carbonyl (C=O) groups is 1. The fourth-order valence-corrected chi connectivity index (χ4v) is 3.48. The molecule has 0 aliphatic heterocycles. The molecule has 1 aliphatic rings. The Morgan fingerprint density at radius 3 is 3.12 bits per heavy atom. The fourth-order valence-electron chi connectivity index (χ4n) is 2.73. The highest BCUT2D eigenvalue weighted by molar-refractivity contribution is 7.99. The first-order chi connectivity index (χ1) is 12.6. The maximum absolute atomic E-state index is 13.5. The number of hydrogen-bond donors (Lipinski definition) is 4. The number of amidine groups is 1. The van der Waals surface area contributed by atoms with Gasteiger partial charge in [-0.15, -0.1) is 0 Å². The van der Waals surface area contributed by atoms with Crippen molar-refractivity contribution in [2.75, 3.05) is 12.3 Å². The molecule has 1 atom stereocenters. The van der Waals surface area contributed by atoms with Crippen LogP contribution in [0.1, 0.15) is 29.3 Å². The number of primary amides is 1. The highest BCUT2D eigenvalue weighted by Crippen LogP contribution is 2.35. The monoisotopic (exact) mass is 380 g/mol. The Morgan fingerprint density at radius 1 is 1.50 bits per heavy atom. The highest BCUT2D eigenvalue weighted by Gasteiger charge is 2.25. The van der Waals surface area contributed by atoms with Crippen molar-refractivity contribution in [3.63, 3.8) is 0 Å². The van der Waals surface area contributed by atoms with Crippen LogP contribution in [-0.4, -0.2) is 39.7 Å². The molecule has 0 saturated heterocycles. The lowest BCUT2D eigenvalue weighted by Crippen LogP contribution is -2.31. The van der Waals surface area contributed by atoms with E-state index in [2.05, 4.69) is 20.6 Å². The van der Waals surface area contributed by atoms with E-state index in [1.165, 1.54) is 23.9 Å². The topological polar surface area (TPSA) is 139 Å². The second-order valence-electron chi connectivity index (χ2n) is 5.54. The van der Waals surface area contributed by atoms with Crippen molar-refractivity contribution in [1.29, 1.82) is 0 Å². The second kappa shape index (κ2) is 8.15. The summed E-state index contributed by atoms with van der Waals surface area (Å²) in [6, 6.07) is 3.71. The van der Waals surface area contributed by atoms with E-state index in [0.29, 0.717) is 23.7 Å². The van der Waals surface area contributed by atoms with Crippen LogP contribution in [0.25, 0.3) is 0 Å². The summed E-state index contributed by atoms with van der Waals surface area (Å²) < 4.78 is 18.3. The standard InChI is InChI=1S/C15H17FN6O3S/c16-9-3-1-8-2-4-11(10(8)7-9)19-13(20-24)12-14(22-25-21-12)26-6-5-18-15(17)23/h1,3,7,11,24H,2,4-6H2,(H,19,20)(H3,17,18,23)/t11-/m1/s1. The van der Waals surface area contributed by atoms with Gasteiger partial charge in [-0.3, -0.25) is 15.7 Å². The zero-order chi connectivity index (χ0) is 18.5. The Balaban J connectivity index is 1.76. The van der Waals surface area contributed by atoms with Gasteiger partial charge in [0.2, 0.25) is 0 Å². The van der Waals surface area contributed by atoms with Gasteiger partial charge in [0.15, 0.2) is 16.6 Å². The predicted octanol–water partition coefficient (Wildman–Crippen LogP) is 1.38. The molecule has 0 radical (unpaired) electrons. The molecule has 1 aliphatic carbocycles. The summed E-state index contributed by atoms with van der Waals surface area (Å²) in [5.74, 6) is 0.227. The number of hydroxylamine groups is 1. The molecule has 11 heteroatoms. The number of hydrogen-bond acceptors (Lipinski definition) is 7. The van der Waals surface area contributed by atoms with Crippen LogP contribution in [0.4, 0.5) is 9.18 Å². The molecule has 0 saturated carbocycles. The summed E-state index contributed by atoms with van der Waals surface area (Å²) in [7, 11) is 0. The summed E-state index contributed by atoms with van der Waals surface area (Å²) in [6.45, 7) is 0.334. The van der Waals surface area contributed by atoms with E-state index in [1.54, 1.807) is 6.07 Å². The SMILES string of the molecule is NC(=O)NCCSc1nonc1C(=N[C@@H]1CCc2ccc(F)cc21)NO. The fraction of sp³-hybridized carbons (Fsp3) is 0.333. The number of rotatable bonds is 6. The molecule has 3 rings (SSSR count). The number of aliphatic imine (C=N–C) groups is 1. The molecule has 26 heavy (non-hydrogen) atoms. The Hall–Kier alpha value is -2.66. The van der Waals surface area contributed by atoms with Gasteiger partial charge in [0, 0.05) is 12.3 Å². The van der Waals surface area contributed by atoms with E-state index in [9.17, 15) is 14.4 Å². The van der Waals surface area contributed by atoms with Crippen LogP contribution in [0, 0.1) is 5.82 Å². The maximum atomic E-state index is 13.5. The molecule has 0 unspecified atom stereocenters. The molecule has 138 valence electrons. The van der Waals surface area contributed by atoms with Crippen LogP contribution in [0.15, 0.2) is 32.8 Å². The van der Waals surface area contributed by atoms with Crippen molar-refractivity contribution >= 4 is 23.6 Å². The van der Waals surface area contributed by atoms with E-state index in [0.717, 1.165) is 17.5 Å². The molecule has 0 spiro atoms. The molecule has 0 bridgehead atoms. The smallest absolute Gasteiger partial charge is 0.312 e. The number of amides is 2. The molecule has 9 nitrogen and oxygen atoms in total. The third-order valence-corrected chi connectivity index (χ3v) is 4.82. The van der Waals surface area contributed by atoms with Crippen molar-refractivity contribution in [1.82, 2.24) is 21.1 Å². The number of aromatic nitrogens is 2. The third-order valence-electron chi connectivity index (χ3n) is 3.87. The first-order valence-electron chi connectivity index (χ1n) is 7.83. The van der Waals surface area contributed by atoms with E-state index in [-0.39, 0.29) is 23.4 Å². The van der Waals surface area contributed by atoms with E-state index >= 15 is 0 Å². The maximum Gasteiger partial charge on any atom is 0.312 e. The molecule has 2 amide bonds. The zero-order valence-electron chi connectivity index (χ0n) is 13.6. The first-order valence-corrected chi connectivity index (χ1v) is 8.82. The van der Waals surface area contributed by atoms with Crippen LogP contribution < -0.4 is 16.5 Å². The zero-order valence-corrected chi connectivity index (χ0v) is 14.4. The molecular weight excluding hydrogens is 363 g/mol. The van der Waals surface area contributed by atoms with Crippen LogP contribution >= 0.6 is 11.8 Å². The van der Waals surface area contributed by atoms with E-state index in [1.807, 2.05) is 5.48 Å². The number of benzene rings is 1. The number of nitrogens with two attached hydrogens (primary N) is 1. The van der Waals surface area contributed by atoms with Gasteiger partial charge >= 0.3 is 6.03 Å². The van der Waals surface area contributed by atoms with Gasteiger partial charge in [0.25, 0.3) is 0 Å². The Kier molecular flexibility index (Phi) is 5.68. The van der Waals surface area contributed by atoms with Crippen molar-refractivity contribution in [3.8, 4) is 0 Å². The molecule has 1 aromatic carbocycles. The minimum absolute atomic E-state index is 0.0821. The van der Waals surface area contributed by atoms with Crippen molar-refractivity contribution in [2.24, 2.45) is 10.7 Å². The molecule has 5 N–H and O–H groups in total. The van der Waals surface area contributed by atoms with Crippen LogP contribution in [0.3, 0.4) is 0 Å². The quantitative estimate of drug-likeness (QED) is 0.195. The van der Waals surface area contributed by atoms with Crippen LogP contribution in [-0.2, 0) is 6.42 Å². The summed E-state index contributed by atoms with van der Waals surface area (Å²) in [5.41, 5.74) is 9.07. The average molecular weight is 380 g/mol. The molecule has 2 aromatic rings. The molecule has 0 fully saturated rings. The number of halogens is 1. The van der Waals surface area contributed by atoms with Gasteiger partial charge in [0.1, 0.15) is 5.82 Å². The Bertz CT molecular complexity index is 827. The van der Waals surface area contributed by atoms with Crippen LogP contribution in [0.5, 0.6) is 0 Å². The number of nitrogens with one attached hydrogen (secondary N) is 2.